The molecular formula is C9H17NO4. The number of hydrogen-bond donors (Lipinski definition) is 3. The molecule has 0 aliphatic heterocycles. The van der Waals surface area contributed by atoms with Crippen molar-refractivity contribution in [1.29, 1.82) is 0 Å². The van der Waals surface area contributed by atoms with E-state index in [2.05, 4.69) is 5.32 Å². The van der Waals surface area contributed by atoms with Crippen molar-refractivity contribution in [3.05, 3.63) is 0 Å². The van der Waals surface area contributed by atoms with Crippen LogP contribution in [-0.4, -0.2) is 34.7 Å². The molecule has 0 saturated carbocycles. The fourth-order valence-corrected chi connectivity index (χ4v) is 0.934. The first-order chi connectivity index (χ1) is 6.52. The number of carboxylic acid groups (broad SMARTS) is 1. The van der Waals surface area contributed by atoms with E-state index in [0.717, 1.165) is 0 Å². The van der Waals surface area contributed by atoms with Crippen molar-refractivity contribution in [3.63, 3.8) is 0 Å². The largest absolute Gasteiger partial charge is 0.481 e. The Morgan fingerprint density at radius 3 is 2.50 bits per heavy atom. The van der Waals surface area contributed by atoms with Crippen molar-refractivity contribution in [2.75, 3.05) is 6.54 Å². The van der Waals surface area contributed by atoms with Crippen LogP contribution in [0.25, 0.3) is 0 Å². The molecule has 3 N–H and O–H groups in total. The lowest BCUT2D eigenvalue weighted by Crippen LogP contribution is -2.25. The molecule has 5 nitrogen and oxygen atoms in total. The van der Waals surface area contributed by atoms with E-state index in [-0.39, 0.29) is 24.9 Å². The van der Waals surface area contributed by atoms with E-state index >= 15 is 0 Å². The van der Waals surface area contributed by atoms with Gasteiger partial charge in [-0.15, -0.1) is 0 Å². The predicted octanol–water partition coefficient (Wildman–Crippen LogP) is 0.128. The molecule has 0 aromatic carbocycles. The molecule has 0 heterocycles. The van der Waals surface area contributed by atoms with Crippen LogP contribution < -0.4 is 5.32 Å². The smallest absolute Gasteiger partial charge is 0.303 e. The Kier molecular flexibility index (Phi) is 6.74. The Labute approximate surface area is 83.1 Å². The summed E-state index contributed by atoms with van der Waals surface area (Å²) in [5, 5.41) is 19.8. The topological polar surface area (TPSA) is 86.6 Å². The molecule has 1 unspecified atom stereocenters. The maximum Gasteiger partial charge on any atom is 0.303 e. The highest BCUT2D eigenvalue weighted by Crippen LogP contribution is 1.94. The zero-order valence-corrected chi connectivity index (χ0v) is 8.32. The van der Waals surface area contributed by atoms with E-state index in [1.54, 1.807) is 6.92 Å². The Hall–Kier alpha value is -1.10. The number of hydrogen-bond acceptors (Lipinski definition) is 3. The standard InChI is InChI=1S/C9H17NO4/c1-7(11)3-2-6-10-8(12)4-5-9(13)14/h7,11H,2-6H2,1H3,(H,10,12)(H,13,14). The lowest BCUT2D eigenvalue weighted by molar-refractivity contribution is -0.138. The fourth-order valence-electron chi connectivity index (χ4n) is 0.934. The first-order valence-electron chi connectivity index (χ1n) is 4.69. The van der Waals surface area contributed by atoms with Crippen LogP contribution in [0, 0.1) is 0 Å². The molecule has 0 aromatic rings. The van der Waals surface area contributed by atoms with Gasteiger partial charge in [0.15, 0.2) is 0 Å². The van der Waals surface area contributed by atoms with E-state index in [1.165, 1.54) is 0 Å². The third-order valence-corrected chi connectivity index (χ3v) is 1.69. The molecule has 0 aliphatic carbocycles. The van der Waals surface area contributed by atoms with Gasteiger partial charge in [-0.25, -0.2) is 0 Å². The highest BCUT2D eigenvalue weighted by molar-refractivity contribution is 5.80. The van der Waals surface area contributed by atoms with Crippen LogP contribution in [0.1, 0.15) is 32.6 Å². The first kappa shape index (κ1) is 12.9. The number of carbonyl (C=O) groups is 2. The van der Waals surface area contributed by atoms with Crippen LogP contribution >= 0.6 is 0 Å². The maximum atomic E-state index is 11.0. The summed E-state index contributed by atoms with van der Waals surface area (Å²) in [6.45, 7) is 2.18. The molecule has 0 bridgehead atoms. The Bertz CT molecular complexity index is 191. The second-order valence-corrected chi connectivity index (χ2v) is 3.23. The molecule has 0 aliphatic rings. The lowest BCUT2D eigenvalue weighted by atomic mass is 10.2. The molecular weight excluding hydrogens is 186 g/mol. The quantitative estimate of drug-likeness (QED) is 0.513. The van der Waals surface area contributed by atoms with Gasteiger partial charge in [-0.2, -0.15) is 0 Å². The summed E-state index contributed by atoms with van der Waals surface area (Å²) < 4.78 is 0. The number of aliphatic hydroxyl groups excluding tert-OH is 1. The van der Waals surface area contributed by atoms with Gasteiger partial charge in [0.2, 0.25) is 5.91 Å². The summed E-state index contributed by atoms with van der Waals surface area (Å²) in [6, 6.07) is 0. The summed E-state index contributed by atoms with van der Waals surface area (Å²) in [5.41, 5.74) is 0. The second-order valence-electron chi connectivity index (χ2n) is 3.23. The summed E-state index contributed by atoms with van der Waals surface area (Å²) >= 11 is 0. The van der Waals surface area contributed by atoms with Crippen LogP contribution in [0.3, 0.4) is 0 Å². The molecule has 1 amide bonds. The van der Waals surface area contributed by atoms with Gasteiger partial charge in [-0.1, -0.05) is 0 Å². The van der Waals surface area contributed by atoms with E-state index in [4.69, 9.17) is 10.2 Å². The summed E-state index contributed by atoms with van der Waals surface area (Å²) in [6.07, 6.45) is 0.869. The number of aliphatic carboxylic acids is 1. The van der Waals surface area contributed by atoms with Gasteiger partial charge in [-0.05, 0) is 19.8 Å². The van der Waals surface area contributed by atoms with Crippen LogP contribution in [0.15, 0.2) is 0 Å². The van der Waals surface area contributed by atoms with E-state index in [9.17, 15) is 9.59 Å². The molecule has 82 valence electrons. The third kappa shape index (κ3) is 8.99. The minimum absolute atomic E-state index is 0.0179. The average Bonchev–Trinajstić information content (AvgIpc) is 2.08. The monoisotopic (exact) mass is 203 g/mol. The van der Waals surface area contributed by atoms with E-state index in [0.29, 0.717) is 19.4 Å². The lowest BCUT2D eigenvalue weighted by Gasteiger charge is -2.05. The highest BCUT2D eigenvalue weighted by Gasteiger charge is 2.04. The Balaban J connectivity index is 3.31. The highest BCUT2D eigenvalue weighted by atomic mass is 16.4. The SMILES string of the molecule is CC(O)CCCNC(=O)CCC(=O)O. The van der Waals surface area contributed by atoms with E-state index in [1.807, 2.05) is 0 Å². The predicted molar refractivity (Wildman–Crippen MR) is 50.8 cm³/mol. The molecule has 0 rings (SSSR count). The van der Waals surface area contributed by atoms with Crippen molar-refractivity contribution in [3.8, 4) is 0 Å². The minimum atomic E-state index is -0.968. The number of carboxylic acids is 1. The van der Waals surface area contributed by atoms with E-state index < -0.39 is 5.97 Å². The second kappa shape index (κ2) is 7.32. The number of aliphatic hydroxyl groups is 1. The van der Waals surface area contributed by atoms with Crippen molar-refractivity contribution < 1.29 is 19.8 Å². The van der Waals surface area contributed by atoms with Crippen molar-refractivity contribution in [2.24, 2.45) is 0 Å². The molecule has 0 aromatic heterocycles. The third-order valence-electron chi connectivity index (χ3n) is 1.69. The van der Waals surface area contributed by atoms with Crippen molar-refractivity contribution in [2.45, 2.75) is 38.7 Å². The first-order valence-corrected chi connectivity index (χ1v) is 4.69. The molecule has 5 heteroatoms. The Morgan fingerprint density at radius 1 is 1.36 bits per heavy atom. The zero-order chi connectivity index (χ0) is 11.0. The van der Waals surface area contributed by atoms with Gasteiger partial charge in [0, 0.05) is 13.0 Å². The van der Waals surface area contributed by atoms with Crippen LogP contribution in [0.2, 0.25) is 0 Å². The number of carbonyl (C=O) groups excluding carboxylic acids is 1. The summed E-state index contributed by atoms with van der Waals surface area (Å²) in [5.74, 6) is -1.22. The molecule has 14 heavy (non-hydrogen) atoms. The number of rotatable bonds is 7. The van der Waals surface area contributed by atoms with Gasteiger partial charge in [-0.3, -0.25) is 9.59 Å². The van der Waals surface area contributed by atoms with Crippen LogP contribution in [0.5, 0.6) is 0 Å². The Morgan fingerprint density at radius 2 is 2.00 bits per heavy atom. The maximum absolute atomic E-state index is 11.0. The molecule has 0 spiro atoms. The number of nitrogens with one attached hydrogen (secondary N) is 1. The molecule has 0 saturated heterocycles. The van der Waals surface area contributed by atoms with Gasteiger partial charge in [0.05, 0.1) is 12.5 Å². The van der Waals surface area contributed by atoms with Gasteiger partial charge >= 0.3 is 5.97 Å². The molecule has 0 fully saturated rings. The molecule has 0 radical (unpaired) electrons. The van der Waals surface area contributed by atoms with Crippen LogP contribution in [-0.2, 0) is 9.59 Å². The number of amides is 1. The van der Waals surface area contributed by atoms with Crippen molar-refractivity contribution in [1.82, 2.24) is 5.32 Å². The minimum Gasteiger partial charge on any atom is -0.481 e. The molecule has 1 atom stereocenters. The zero-order valence-electron chi connectivity index (χ0n) is 8.32. The van der Waals surface area contributed by atoms with Gasteiger partial charge in [0.1, 0.15) is 0 Å². The summed E-state index contributed by atoms with van der Waals surface area (Å²) in [7, 11) is 0. The van der Waals surface area contributed by atoms with Gasteiger partial charge in [0.25, 0.3) is 0 Å². The van der Waals surface area contributed by atoms with Crippen LogP contribution in [0.4, 0.5) is 0 Å². The van der Waals surface area contributed by atoms with Crippen molar-refractivity contribution >= 4 is 11.9 Å². The fraction of sp³-hybridized carbons (Fsp3) is 0.778. The average molecular weight is 203 g/mol. The van der Waals surface area contributed by atoms with Gasteiger partial charge < -0.3 is 15.5 Å². The normalized spacial score (nSPS) is 12.1. The summed E-state index contributed by atoms with van der Waals surface area (Å²) in [4.78, 5) is 21.1.